The summed E-state index contributed by atoms with van der Waals surface area (Å²) in [4.78, 5) is 20.3. The summed E-state index contributed by atoms with van der Waals surface area (Å²) in [7, 11) is 2.20. The fraction of sp³-hybridized carbons (Fsp3) is 0.500. The van der Waals surface area contributed by atoms with E-state index in [0.29, 0.717) is 6.04 Å². The van der Waals surface area contributed by atoms with Crippen LogP contribution in [0.3, 0.4) is 0 Å². The van der Waals surface area contributed by atoms with Crippen molar-refractivity contribution in [2.45, 2.75) is 25.4 Å². The second kappa shape index (κ2) is 6.98. The largest absolute Gasteiger partial charge is 0.354 e. The van der Waals surface area contributed by atoms with Crippen LogP contribution in [0.2, 0.25) is 0 Å². The summed E-state index contributed by atoms with van der Waals surface area (Å²) < 4.78 is 2.26. The van der Waals surface area contributed by atoms with E-state index in [1.165, 1.54) is 17.9 Å². The third-order valence-corrected chi connectivity index (χ3v) is 5.93. The van der Waals surface area contributed by atoms with E-state index in [0.717, 1.165) is 57.2 Å². The van der Waals surface area contributed by atoms with Gasteiger partial charge in [0.05, 0.1) is 11.7 Å². The standard InChI is InChI=1S/C20H27N7/c1-24-11-13-25(14-12-24)20-16(23-18-6-2-3-10-27(18)20)15-26-9-4-5-17(26)19-21-7-8-22-19/h2-3,6-8,10,17H,4-5,9,11-15H2,1H3,(H,21,22). The Morgan fingerprint density at radius 3 is 2.85 bits per heavy atom. The van der Waals surface area contributed by atoms with Gasteiger partial charge in [0.1, 0.15) is 17.3 Å². The molecular weight excluding hydrogens is 338 g/mol. The first-order chi connectivity index (χ1) is 13.3. The summed E-state index contributed by atoms with van der Waals surface area (Å²) in [5.74, 6) is 2.35. The molecule has 1 N–H and O–H groups in total. The van der Waals surface area contributed by atoms with Crippen molar-refractivity contribution in [3.05, 3.63) is 48.3 Å². The van der Waals surface area contributed by atoms with E-state index in [4.69, 9.17) is 4.98 Å². The van der Waals surface area contributed by atoms with Gasteiger partial charge < -0.3 is 14.8 Å². The molecule has 5 heterocycles. The Labute approximate surface area is 159 Å². The zero-order valence-electron chi connectivity index (χ0n) is 15.9. The number of nitrogens with zero attached hydrogens (tertiary/aromatic N) is 6. The van der Waals surface area contributed by atoms with Crippen LogP contribution in [0.1, 0.15) is 30.4 Å². The lowest BCUT2D eigenvalue weighted by Crippen LogP contribution is -2.45. The Morgan fingerprint density at radius 2 is 2.04 bits per heavy atom. The van der Waals surface area contributed by atoms with Gasteiger partial charge in [-0.05, 0) is 38.6 Å². The van der Waals surface area contributed by atoms with E-state index in [2.05, 4.69) is 60.5 Å². The minimum absolute atomic E-state index is 0.366. The van der Waals surface area contributed by atoms with Crippen molar-refractivity contribution in [1.29, 1.82) is 0 Å². The number of fused-ring (bicyclic) bond motifs is 1. The number of anilines is 1. The number of aromatic nitrogens is 4. The molecule has 3 aromatic rings. The highest BCUT2D eigenvalue weighted by Crippen LogP contribution is 2.33. The molecule has 3 aromatic heterocycles. The zero-order valence-corrected chi connectivity index (χ0v) is 15.9. The molecule has 0 amide bonds. The van der Waals surface area contributed by atoms with Crippen LogP contribution in [0.15, 0.2) is 36.8 Å². The molecular formula is C20H27N7. The summed E-state index contributed by atoms with van der Waals surface area (Å²) in [5.41, 5.74) is 2.22. The first-order valence-corrected chi connectivity index (χ1v) is 9.92. The third kappa shape index (κ3) is 3.11. The van der Waals surface area contributed by atoms with Crippen LogP contribution in [-0.4, -0.2) is 68.9 Å². The number of hydrogen-bond acceptors (Lipinski definition) is 5. The molecule has 0 aliphatic carbocycles. The van der Waals surface area contributed by atoms with Crippen LogP contribution in [0.5, 0.6) is 0 Å². The first kappa shape index (κ1) is 16.8. The molecule has 0 bridgehead atoms. The molecule has 142 valence electrons. The lowest BCUT2D eigenvalue weighted by atomic mass is 10.2. The van der Waals surface area contributed by atoms with E-state index in [1.807, 2.05) is 12.4 Å². The maximum Gasteiger partial charge on any atom is 0.138 e. The number of pyridine rings is 1. The minimum Gasteiger partial charge on any atom is -0.354 e. The fourth-order valence-electron chi connectivity index (χ4n) is 4.47. The number of aromatic amines is 1. The Bertz CT molecular complexity index is 892. The number of imidazole rings is 2. The van der Waals surface area contributed by atoms with Gasteiger partial charge in [0, 0.05) is 51.3 Å². The average Bonchev–Trinajstić information content (AvgIpc) is 3.42. The number of likely N-dealkylation sites (tertiary alicyclic amines) is 1. The van der Waals surface area contributed by atoms with Crippen molar-refractivity contribution in [3.8, 4) is 0 Å². The number of likely N-dealkylation sites (N-methyl/N-ethyl adjacent to an activating group) is 1. The van der Waals surface area contributed by atoms with Crippen molar-refractivity contribution >= 4 is 11.5 Å². The van der Waals surface area contributed by atoms with Gasteiger partial charge in [-0.2, -0.15) is 0 Å². The zero-order chi connectivity index (χ0) is 18.2. The predicted octanol–water partition coefficient (Wildman–Crippen LogP) is 2.15. The smallest absolute Gasteiger partial charge is 0.138 e. The molecule has 0 spiro atoms. The Hall–Kier alpha value is -2.38. The topological polar surface area (TPSA) is 55.7 Å². The summed E-state index contributed by atoms with van der Waals surface area (Å²) >= 11 is 0. The van der Waals surface area contributed by atoms with E-state index in [9.17, 15) is 0 Å². The number of H-pyrrole nitrogens is 1. The van der Waals surface area contributed by atoms with Crippen molar-refractivity contribution in [3.63, 3.8) is 0 Å². The lowest BCUT2D eigenvalue weighted by Gasteiger charge is -2.34. The first-order valence-electron chi connectivity index (χ1n) is 9.92. The second-order valence-electron chi connectivity index (χ2n) is 7.70. The van der Waals surface area contributed by atoms with Crippen LogP contribution < -0.4 is 4.90 Å². The van der Waals surface area contributed by atoms with Crippen LogP contribution in [0.4, 0.5) is 5.82 Å². The molecule has 5 rings (SSSR count). The highest BCUT2D eigenvalue weighted by atomic mass is 15.3. The van der Waals surface area contributed by atoms with E-state index in [1.54, 1.807) is 0 Å². The molecule has 0 saturated carbocycles. The predicted molar refractivity (Wildman–Crippen MR) is 106 cm³/mol. The van der Waals surface area contributed by atoms with Gasteiger partial charge in [-0.25, -0.2) is 9.97 Å². The molecule has 0 aromatic carbocycles. The van der Waals surface area contributed by atoms with Gasteiger partial charge in [0.15, 0.2) is 0 Å². The Kier molecular flexibility index (Phi) is 4.33. The van der Waals surface area contributed by atoms with Crippen LogP contribution >= 0.6 is 0 Å². The fourth-order valence-corrected chi connectivity index (χ4v) is 4.47. The van der Waals surface area contributed by atoms with Gasteiger partial charge in [-0.1, -0.05) is 6.07 Å². The van der Waals surface area contributed by atoms with Crippen LogP contribution in [-0.2, 0) is 6.54 Å². The van der Waals surface area contributed by atoms with E-state index in [-0.39, 0.29) is 0 Å². The highest BCUT2D eigenvalue weighted by molar-refractivity contribution is 5.57. The molecule has 7 nitrogen and oxygen atoms in total. The van der Waals surface area contributed by atoms with E-state index < -0.39 is 0 Å². The molecule has 1 unspecified atom stereocenters. The summed E-state index contributed by atoms with van der Waals surface area (Å²) in [6.07, 6.45) is 8.29. The van der Waals surface area contributed by atoms with Crippen molar-refractivity contribution < 1.29 is 0 Å². The molecule has 2 aliphatic rings. The number of hydrogen-bond donors (Lipinski definition) is 1. The monoisotopic (exact) mass is 365 g/mol. The lowest BCUT2D eigenvalue weighted by molar-refractivity contribution is 0.238. The Balaban J connectivity index is 1.48. The normalized spacial score (nSPS) is 22.1. The van der Waals surface area contributed by atoms with Gasteiger partial charge in [0.25, 0.3) is 0 Å². The Morgan fingerprint density at radius 1 is 1.15 bits per heavy atom. The molecule has 2 saturated heterocycles. The summed E-state index contributed by atoms with van der Waals surface area (Å²) in [5, 5.41) is 0. The second-order valence-corrected chi connectivity index (χ2v) is 7.70. The third-order valence-electron chi connectivity index (χ3n) is 5.93. The SMILES string of the molecule is CN1CCN(c2c(CN3CCCC3c3ncc[nH]3)nc3ccccn23)CC1. The minimum atomic E-state index is 0.366. The summed E-state index contributed by atoms with van der Waals surface area (Å²) in [6.45, 7) is 6.26. The molecule has 27 heavy (non-hydrogen) atoms. The van der Waals surface area contributed by atoms with Gasteiger partial charge in [-0.3, -0.25) is 9.30 Å². The van der Waals surface area contributed by atoms with Crippen LogP contribution in [0, 0.1) is 0 Å². The molecule has 0 radical (unpaired) electrons. The number of rotatable bonds is 4. The van der Waals surface area contributed by atoms with Crippen LogP contribution in [0.25, 0.3) is 5.65 Å². The van der Waals surface area contributed by atoms with Gasteiger partial charge in [-0.15, -0.1) is 0 Å². The van der Waals surface area contributed by atoms with E-state index >= 15 is 0 Å². The van der Waals surface area contributed by atoms with Gasteiger partial charge >= 0.3 is 0 Å². The van der Waals surface area contributed by atoms with Gasteiger partial charge in [0.2, 0.25) is 0 Å². The molecule has 7 heteroatoms. The number of nitrogens with one attached hydrogen (secondary N) is 1. The molecule has 1 atom stereocenters. The molecule has 2 aliphatic heterocycles. The highest BCUT2D eigenvalue weighted by Gasteiger charge is 2.30. The van der Waals surface area contributed by atoms with Crippen molar-refractivity contribution in [2.75, 3.05) is 44.7 Å². The maximum absolute atomic E-state index is 5.02. The number of piperazine rings is 1. The maximum atomic E-state index is 5.02. The quantitative estimate of drug-likeness (QED) is 0.768. The molecule has 2 fully saturated rings. The van der Waals surface area contributed by atoms with Crippen molar-refractivity contribution in [1.82, 2.24) is 29.2 Å². The summed E-state index contributed by atoms with van der Waals surface area (Å²) in [6, 6.07) is 6.64. The van der Waals surface area contributed by atoms with Crippen molar-refractivity contribution in [2.24, 2.45) is 0 Å². The average molecular weight is 365 g/mol.